The Hall–Kier alpha value is 0.0600. The van der Waals surface area contributed by atoms with Crippen LogP contribution in [-0.2, 0) is 10.3 Å². The molecule has 2 rings (SSSR count). The first-order valence-electron chi connectivity index (χ1n) is 6.31. The highest BCUT2D eigenvalue weighted by atomic mass is 127. The molecule has 1 atom stereocenters. The molecular weight excluding hydrogens is 363 g/mol. The second-order valence-electron chi connectivity index (χ2n) is 5.23. The van der Waals surface area contributed by atoms with Gasteiger partial charge in [0.1, 0.15) is 10.8 Å². The van der Waals surface area contributed by atoms with Gasteiger partial charge >= 0.3 is 0 Å². The normalized spacial score (nSPS) is 24.6. The van der Waals surface area contributed by atoms with Gasteiger partial charge in [-0.05, 0) is 54.7 Å². The Morgan fingerprint density at radius 1 is 1.33 bits per heavy atom. The van der Waals surface area contributed by atoms with Crippen molar-refractivity contribution >= 4 is 34.2 Å². The molecule has 0 radical (unpaired) electrons. The third kappa shape index (κ3) is 2.80. The summed E-state index contributed by atoms with van der Waals surface area (Å²) in [6, 6.07) is 0. The molecule has 0 saturated carbocycles. The van der Waals surface area contributed by atoms with Crippen molar-refractivity contribution in [3.63, 3.8) is 0 Å². The Labute approximate surface area is 127 Å². The molecule has 5 heteroatoms. The second-order valence-corrected chi connectivity index (χ2v) is 6.67. The summed E-state index contributed by atoms with van der Waals surface area (Å²) in [7, 11) is 0. The lowest BCUT2D eigenvalue weighted by molar-refractivity contribution is -0.0762. The smallest absolute Gasteiger partial charge is 0.162 e. The molecule has 0 bridgehead atoms. The zero-order valence-electron chi connectivity index (χ0n) is 11.0. The Kier molecular flexibility index (Phi) is 4.49. The molecule has 0 spiro atoms. The minimum absolute atomic E-state index is 0.336. The minimum Gasteiger partial charge on any atom is -0.367 e. The van der Waals surface area contributed by atoms with Crippen molar-refractivity contribution in [2.45, 2.75) is 51.6 Å². The molecule has 100 valence electrons. The maximum atomic E-state index is 6.23. The molecule has 0 aliphatic carbocycles. The van der Waals surface area contributed by atoms with Crippen LogP contribution in [0.15, 0.2) is 0 Å². The van der Waals surface area contributed by atoms with Gasteiger partial charge in [0.15, 0.2) is 5.82 Å². The van der Waals surface area contributed by atoms with Crippen molar-refractivity contribution in [3.05, 3.63) is 20.2 Å². The van der Waals surface area contributed by atoms with Crippen LogP contribution in [0.5, 0.6) is 0 Å². The fourth-order valence-corrected chi connectivity index (χ4v) is 3.21. The maximum Gasteiger partial charge on any atom is 0.162 e. The molecule has 1 saturated heterocycles. The number of rotatable bonds is 2. The number of hydrogen-bond acceptors (Lipinski definition) is 3. The molecule has 1 aliphatic heterocycles. The van der Waals surface area contributed by atoms with Crippen LogP contribution in [0.1, 0.15) is 57.5 Å². The van der Waals surface area contributed by atoms with Crippen LogP contribution in [0.4, 0.5) is 0 Å². The summed E-state index contributed by atoms with van der Waals surface area (Å²) in [5.41, 5.74) is 0.636. The van der Waals surface area contributed by atoms with E-state index in [1.807, 2.05) is 0 Å². The number of nitrogens with zero attached hydrogens (tertiary/aromatic N) is 2. The van der Waals surface area contributed by atoms with Crippen LogP contribution in [0, 0.1) is 3.57 Å². The van der Waals surface area contributed by atoms with Crippen molar-refractivity contribution in [1.82, 2.24) is 9.97 Å². The SMILES string of the molecule is CC(C)c1nc(C2(C)CCCCO2)nc(Cl)c1I. The second kappa shape index (κ2) is 5.59. The van der Waals surface area contributed by atoms with Gasteiger partial charge in [-0.15, -0.1) is 0 Å². The number of aromatic nitrogens is 2. The maximum absolute atomic E-state index is 6.23. The average Bonchev–Trinajstić information content (AvgIpc) is 2.33. The quantitative estimate of drug-likeness (QED) is 0.567. The summed E-state index contributed by atoms with van der Waals surface area (Å²) >= 11 is 8.44. The average molecular weight is 381 g/mol. The van der Waals surface area contributed by atoms with Crippen LogP contribution >= 0.6 is 34.2 Å². The van der Waals surface area contributed by atoms with E-state index < -0.39 is 0 Å². The van der Waals surface area contributed by atoms with Gasteiger partial charge in [0, 0.05) is 6.61 Å². The van der Waals surface area contributed by atoms with E-state index in [-0.39, 0.29) is 5.60 Å². The van der Waals surface area contributed by atoms with E-state index in [2.05, 4.69) is 48.3 Å². The van der Waals surface area contributed by atoms with Gasteiger partial charge in [0.25, 0.3) is 0 Å². The summed E-state index contributed by atoms with van der Waals surface area (Å²) in [6.07, 6.45) is 3.23. The highest BCUT2D eigenvalue weighted by molar-refractivity contribution is 14.1. The van der Waals surface area contributed by atoms with Crippen molar-refractivity contribution in [2.24, 2.45) is 0 Å². The van der Waals surface area contributed by atoms with E-state index in [0.29, 0.717) is 11.1 Å². The van der Waals surface area contributed by atoms with E-state index in [1.54, 1.807) is 0 Å². The van der Waals surface area contributed by atoms with Crippen LogP contribution in [0.3, 0.4) is 0 Å². The van der Waals surface area contributed by atoms with E-state index in [9.17, 15) is 0 Å². The standard InChI is InChI=1S/C13H18ClIN2O/c1-8(2)10-9(15)11(14)17-12(16-10)13(3)6-4-5-7-18-13/h8H,4-7H2,1-3H3. The van der Waals surface area contributed by atoms with E-state index >= 15 is 0 Å². The lowest BCUT2D eigenvalue weighted by atomic mass is 9.94. The Balaban J connectivity index is 2.45. The number of halogens is 2. The lowest BCUT2D eigenvalue weighted by Gasteiger charge is -2.32. The molecule has 0 amide bonds. The van der Waals surface area contributed by atoms with Gasteiger partial charge in [-0.2, -0.15) is 0 Å². The fourth-order valence-electron chi connectivity index (χ4n) is 2.17. The van der Waals surface area contributed by atoms with E-state index in [1.165, 1.54) is 0 Å². The van der Waals surface area contributed by atoms with Crippen LogP contribution in [-0.4, -0.2) is 16.6 Å². The van der Waals surface area contributed by atoms with Crippen LogP contribution < -0.4 is 0 Å². The molecule has 1 aromatic heterocycles. The summed E-state index contributed by atoms with van der Waals surface area (Å²) in [6.45, 7) is 7.08. The first-order valence-corrected chi connectivity index (χ1v) is 7.77. The highest BCUT2D eigenvalue weighted by Gasteiger charge is 2.34. The van der Waals surface area contributed by atoms with Crippen LogP contribution in [0.25, 0.3) is 0 Å². The third-order valence-corrected chi connectivity index (χ3v) is 4.98. The molecule has 1 unspecified atom stereocenters. The van der Waals surface area contributed by atoms with Gasteiger partial charge in [0.05, 0.1) is 9.26 Å². The monoisotopic (exact) mass is 380 g/mol. The molecule has 2 heterocycles. The van der Waals surface area contributed by atoms with Gasteiger partial charge < -0.3 is 4.74 Å². The summed E-state index contributed by atoms with van der Waals surface area (Å²) in [5, 5.41) is 0.541. The topological polar surface area (TPSA) is 35.0 Å². The third-order valence-electron chi connectivity index (χ3n) is 3.33. The van der Waals surface area contributed by atoms with Gasteiger partial charge in [-0.1, -0.05) is 25.4 Å². The van der Waals surface area contributed by atoms with Gasteiger partial charge in [-0.3, -0.25) is 0 Å². The Bertz CT molecular complexity index is 445. The fraction of sp³-hybridized carbons (Fsp3) is 0.692. The Morgan fingerprint density at radius 3 is 2.61 bits per heavy atom. The van der Waals surface area contributed by atoms with Gasteiger partial charge in [0.2, 0.25) is 0 Å². The Morgan fingerprint density at radius 2 is 2.06 bits per heavy atom. The molecule has 0 N–H and O–H groups in total. The summed E-state index contributed by atoms with van der Waals surface area (Å²) < 4.78 is 6.85. The first kappa shape index (κ1) is 14.5. The highest BCUT2D eigenvalue weighted by Crippen LogP contribution is 2.35. The van der Waals surface area contributed by atoms with E-state index in [4.69, 9.17) is 21.3 Å². The number of hydrogen-bond donors (Lipinski definition) is 0. The van der Waals surface area contributed by atoms with Crippen molar-refractivity contribution in [3.8, 4) is 0 Å². The van der Waals surface area contributed by atoms with Crippen molar-refractivity contribution in [1.29, 1.82) is 0 Å². The predicted molar refractivity (Wildman–Crippen MR) is 81.0 cm³/mol. The number of ether oxygens (including phenoxy) is 1. The van der Waals surface area contributed by atoms with Crippen LogP contribution in [0.2, 0.25) is 5.15 Å². The van der Waals surface area contributed by atoms with Crippen molar-refractivity contribution in [2.75, 3.05) is 6.61 Å². The summed E-state index contributed by atoms with van der Waals surface area (Å²) in [4.78, 5) is 9.13. The predicted octanol–water partition coefficient (Wildman–Crippen LogP) is 4.27. The molecule has 0 aromatic carbocycles. The molecule has 1 aromatic rings. The first-order chi connectivity index (χ1) is 8.44. The lowest BCUT2D eigenvalue weighted by Crippen LogP contribution is -2.33. The van der Waals surface area contributed by atoms with Gasteiger partial charge in [-0.25, -0.2) is 9.97 Å². The minimum atomic E-state index is -0.379. The zero-order valence-corrected chi connectivity index (χ0v) is 13.9. The summed E-state index contributed by atoms with van der Waals surface area (Å²) in [5.74, 6) is 1.07. The molecular formula is C13H18ClIN2O. The zero-order chi connectivity index (χ0) is 13.3. The molecule has 18 heavy (non-hydrogen) atoms. The molecule has 3 nitrogen and oxygen atoms in total. The largest absolute Gasteiger partial charge is 0.367 e. The molecule has 1 aliphatic rings. The van der Waals surface area contributed by atoms with Crippen molar-refractivity contribution < 1.29 is 4.74 Å². The van der Waals surface area contributed by atoms with E-state index in [0.717, 1.165) is 41.0 Å². The molecule has 1 fully saturated rings.